The summed E-state index contributed by atoms with van der Waals surface area (Å²) in [6, 6.07) is 0.179. The van der Waals surface area contributed by atoms with E-state index in [4.69, 9.17) is 14.0 Å². The first-order chi connectivity index (χ1) is 9.09. The van der Waals surface area contributed by atoms with E-state index >= 15 is 0 Å². The molecule has 0 saturated heterocycles. The zero-order valence-electron chi connectivity index (χ0n) is 12.5. The average molecular weight is 271 g/mol. The number of nitrogens with zero attached hydrogens (tertiary/aromatic N) is 2. The molecule has 6 heteroatoms. The zero-order valence-corrected chi connectivity index (χ0v) is 12.5. The van der Waals surface area contributed by atoms with Crippen LogP contribution in [0.5, 0.6) is 0 Å². The number of rotatable bonds is 9. The zero-order chi connectivity index (χ0) is 14.3. The second-order valence-electron chi connectivity index (χ2n) is 4.71. The molecule has 0 aliphatic heterocycles. The van der Waals surface area contributed by atoms with Crippen LogP contribution in [0.3, 0.4) is 0 Å². The Morgan fingerprint density at radius 2 is 2.11 bits per heavy atom. The van der Waals surface area contributed by atoms with Crippen molar-refractivity contribution in [3.05, 3.63) is 11.7 Å². The Morgan fingerprint density at radius 3 is 2.63 bits per heavy atom. The van der Waals surface area contributed by atoms with Gasteiger partial charge in [-0.05, 0) is 19.9 Å². The fourth-order valence-electron chi connectivity index (χ4n) is 1.84. The van der Waals surface area contributed by atoms with Crippen LogP contribution >= 0.6 is 0 Å². The molecular formula is C13H25N3O3. The molecule has 1 heterocycles. The van der Waals surface area contributed by atoms with Crippen molar-refractivity contribution in [1.82, 2.24) is 15.5 Å². The molecular weight excluding hydrogens is 246 g/mol. The van der Waals surface area contributed by atoms with Crippen LogP contribution in [0.25, 0.3) is 0 Å². The predicted molar refractivity (Wildman–Crippen MR) is 72.0 cm³/mol. The second kappa shape index (κ2) is 7.57. The van der Waals surface area contributed by atoms with Gasteiger partial charge in [0.2, 0.25) is 11.7 Å². The lowest BCUT2D eigenvalue weighted by atomic mass is 10.0. The summed E-state index contributed by atoms with van der Waals surface area (Å²) in [4.78, 5) is 4.43. The predicted octanol–water partition coefficient (Wildman–Crippen LogP) is 1.51. The standard InChI is InChI=1S/C13H25N3O3/c1-6-13(3,18-5)12-15-11(19-16-12)8-10(9-17-4)14-7-2/h10,14H,6-9H2,1-5H3. The Morgan fingerprint density at radius 1 is 1.37 bits per heavy atom. The summed E-state index contributed by atoms with van der Waals surface area (Å²) >= 11 is 0. The van der Waals surface area contributed by atoms with Gasteiger partial charge in [-0.25, -0.2) is 0 Å². The molecule has 0 aliphatic rings. The van der Waals surface area contributed by atoms with Crippen molar-refractivity contribution >= 4 is 0 Å². The molecule has 1 N–H and O–H groups in total. The number of likely N-dealkylation sites (N-methyl/N-ethyl adjacent to an activating group) is 1. The van der Waals surface area contributed by atoms with Gasteiger partial charge in [0.05, 0.1) is 6.61 Å². The molecule has 0 radical (unpaired) electrons. The molecule has 0 bridgehead atoms. The van der Waals surface area contributed by atoms with Crippen LogP contribution < -0.4 is 5.32 Å². The Labute approximate surface area is 114 Å². The number of ether oxygens (including phenoxy) is 2. The minimum Gasteiger partial charge on any atom is -0.383 e. The number of nitrogens with one attached hydrogen (secondary N) is 1. The van der Waals surface area contributed by atoms with E-state index in [1.807, 2.05) is 13.8 Å². The molecule has 2 atom stereocenters. The van der Waals surface area contributed by atoms with Crippen LogP contribution in [0.15, 0.2) is 4.52 Å². The second-order valence-corrected chi connectivity index (χ2v) is 4.71. The third kappa shape index (κ3) is 4.26. The van der Waals surface area contributed by atoms with E-state index in [0.717, 1.165) is 13.0 Å². The molecule has 1 aromatic heterocycles. The third-order valence-electron chi connectivity index (χ3n) is 3.35. The van der Waals surface area contributed by atoms with Gasteiger partial charge in [0.15, 0.2) is 0 Å². The lowest BCUT2D eigenvalue weighted by molar-refractivity contribution is -0.0106. The van der Waals surface area contributed by atoms with E-state index in [9.17, 15) is 0 Å². The lowest BCUT2D eigenvalue weighted by Gasteiger charge is -2.21. The fraction of sp³-hybridized carbons (Fsp3) is 0.846. The Kier molecular flexibility index (Phi) is 6.41. The van der Waals surface area contributed by atoms with Gasteiger partial charge in [-0.15, -0.1) is 0 Å². The lowest BCUT2D eigenvalue weighted by Crippen LogP contribution is -2.35. The molecule has 0 spiro atoms. The summed E-state index contributed by atoms with van der Waals surface area (Å²) < 4.78 is 15.9. The number of hydrogen-bond acceptors (Lipinski definition) is 6. The van der Waals surface area contributed by atoms with Crippen LogP contribution in [-0.4, -0.2) is 43.6 Å². The fourth-order valence-corrected chi connectivity index (χ4v) is 1.84. The van der Waals surface area contributed by atoms with Crippen molar-refractivity contribution in [3.63, 3.8) is 0 Å². The van der Waals surface area contributed by atoms with Crippen LogP contribution in [0.4, 0.5) is 0 Å². The molecule has 0 aromatic carbocycles. The highest BCUT2D eigenvalue weighted by Gasteiger charge is 2.30. The minimum absolute atomic E-state index is 0.179. The first-order valence-electron chi connectivity index (χ1n) is 6.70. The molecule has 0 saturated carbocycles. The van der Waals surface area contributed by atoms with Crippen molar-refractivity contribution in [3.8, 4) is 0 Å². The van der Waals surface area contributed by atoms with Gasteiger partial charge in [0, 0.05) is 26.7 Å². The topological polar surface area (TPSA) is 69.4 Å². The van der Waals surface area contributed by atoms with E-state index in [-0.39, 0.29) is 6.04 Å². The quantitative estimate of drug-likeness (QED) is 0.734. The molecule has 0 fully saturated rings. The van der Waals surface area contributed by atoms with Crippen molar-refractivity contribution < 1.29 is 14.0 Å². The molecule has 0 aliphatic carbocycles. The van der Waals surface area contributed by atoms with Gasteiger partial charge >= 0.3 is 0 Å². The van der Waals surface area contributed by atoms with Gasteiger partial charge in [-0.1, -0.05) is 19.0 Å². The maximum Gasteiger partial charge on any atom is 0.228 e. The molecule has 2 unspecified atom stereocenters. The minimum atomic E-state index is -0.489. The molecule has 1 rings (SSSR count). The van der Waals surface area contributed by atoms with Gasteiger partial charge in [-0.3, -0.25) is 0 Å². The number of methoxy groups -OCH3 is 2. The summed E-state index contributed by atoms with van der Waals surface area (Å²) in [5.74, 6) is 1.20. The van der Waals surface area contributed by atoms with Crippen LogP contribution in [0.2, 0.25) is 0 Å². The first-order valence-corrected chi connectivity index (χ1v) is 6.70. The summed E-state index contributed by atoms with van der Waals surface area (Å²) in [6.07, 6.45) is 1.44. The summed E-state index contributed by atoms with van der Waals surface area (Å²) in [7, 11) is 3.34. The average Bonchev–Trinajstić information content (AvgIpc) is 2.87. The van der Waals surface area contributed by atoms with Gasteiger partial charge < -0.3 is 19.3 Å². The smallest absolute Gasteiger partial charge is 0.228 e. The van der Waals surface area contributed by atoms with Crippen LogP contribution in [-0.2, 0) is 21.5 Å². The molecule has 19 heavy (non-hydrogen) atoms. The van der Waals surface area contributed by atoms with Crippen molar-refractivity contribution in [2.24, 2.45) is 0 Å². The summed E-state index contributed by atoms with van der Waals surface area (Å²) in [5.41, 5.74) is -0.489. The van der Waals surface area contributed by atoms with E-state index < -0.39 is 5.60 Å². The number of hydrogen-bond donors (Lipinski definition) is 1. The highest BCUT2D eigenvalue weighted by Crippen LogP contribution is 2.25. The molecule has 110 valence electrons. The largest absolute Gasteiger partial charge is 0.383 e. The summed E-state index contributed by atoms with van der Waals surface area (Å²) in [5, 5.41) is 7.35. The van der Waals surface area contributed by atoms with Crippen LogP contribution in [0, 0.1) is 0 Å². The van der Waals surface area contributed by atoms with E-state index in [2.05, 4.69) is 22.4 Å². The van der Waals surface area contributed by atoms with E-state index in [1.165, 1.54) is 0 Å². The molecule has 0 amide bonds. The van der Waals surface area contributed by atoms with E-state index in [1.54, 1.807) is 14.2 Å². The monoisotopic (exact) mass is 271 g/mol. The first kappa shape index (κ1) is 16.1. The Bertz CT molecular complexity index is 358. The molecule has 1 aromatic rings. The van der Waals surface area contributed by atoms with Crippen molar-refractivity contribution in [1.29, 1.82) is 0 Å². The number of aromatic nitrogens is 2. The molecule has 6 nitrogen and oxygen atoms in total. The highest BCUT2D eigenvalue weighted by molar-refractivity contribution is 5.00. The Hall–Kier alpha value is -0.980. The van der Waals surface area contributed by atoms with Gasteiger partial charge in [0.1, 0.15) is 5.60 Å². The maximum absolute atomic E-state index is 5.46. The summed E-state index contributed by atoms with van der Waals surface area (Å²) in [6.45, 7) is 7.53. The highest BCUT2D eigenvalue weighted by atomic mass is 16.5. The van der Waals surface area contributed by atoms with Crippen molar-refractivity contribution in [2.45, 2.75) is 45.3 Å². The third-order valence-corrected chi connectivity index (χ3v) is 3.35. The van der Waals surface area contributed by atoms with Gasteiger partial charge in [0.25, 0.3) is 0 Å². The maximum atomic E-state index is 5.46. The SMILES string of the molecule is CCNC(COC)Cc1nc(C(C)(CC)OC)no1. The van der Waals surface area contributed by atoms with Crippen LogP contribution in [0.1, 0.15) is 38.9 Å². The Balaban J connectivity index is 2.73. The van der Waals surface area contributed by atoms with Crippen molar-refractivity contribution in [2.75, 3.05) is 27.4 Å². The van der Waals surface area contributed by atoms with E-state index in [0.29, 0.717) is 24.7 Å². The normalized spacial score (nSPS) is 16.3. The van der Waals surface area contributed by atoms with Gasteiger partial charge in [-0.2, -0.15) is 4.98 Å².